The van der Waals surface area contributed by atoms with Gasteiger partial charge >= 0.3 is 6.09 Å². The standard InChI is InChI=1S/C16H24N2O3/c1-16(2,3)21-15(19)18-7-6-14(17-18)20-10-13-9-11-4-5-12(13)8-11/h6-7,11-13H,4-5,8-10H2,1-3H3/t11-,12-,13?/m1/s1. The summed E-state index contributed by atoms with van der Waals surface area (Å²) in [5.74, 6) is 2.92. The minimum absolute atomic E-state index is 0.475. The van der Waals surface area contributed by atoms with Gasteiger partial charge in [-0.05, 0) is 57.8 Å². The van der Waals surface area contributed by atoms with Crippen LogP contribution in [-0.4, -0.2) is 28.1 Å². The molecule has 0 spiro atoms. The summed E-state index contributed by atoms with van der Waals surface area (Å²) in [4.78, 5) is 11.9. The molecule has 0 aliphatic heterocycles. The van der Waals surface area contributed by atoms with Crippen LogP contribution in [0.4, 0.5) is 4.79 Å². The smallest absolute Gasteiger partial charge is 0.435 e. The van der Waals surface area contributed by atoms with Gasteiger partial charge in [-0.1, -0.05) is 6.42 Å². The van der Waals surface area contributed by atoms with Crippen molar-refractivity contribution in [2.75, 3.05) is 6.61 Å². The number of aromatic nitrogens is 2. The van der Waals surface area contributed by atoms with Crippen molar-refractivity contribution in [3.63, 3.8) is 0 Å². The monoisotopic (exact) mass is 292 g/mol. The highest BCUT2D eigenvalue weighted by Gasteiger charge is 2.39. The predicted molar refractivity (Wildman–Crippen MR) is 78.3 cm³/mol. The molecule has 0 aromatic carbocycles. The van der Waals surface area contributed by atoms with Crippen LogP contribution in [-0.2, 0) is 4.74 Å². The number of ether oxygens (including phenoxy) is 2. The average molecular weight is 292 g/mol. The van der Waals surface area contributed by atoms with Gasteiger partial charge in [-0.25, -0.2) is 4.79 Å². The van der Waals surface area contributed by atoms with Crippen molar-refractivity contribution in [2.24, 2.45) is 17.8 Å². The van der Waals surface area contributed by atoms with Gasteiger partial charge in [0.05, 0.1) is 6.61 Å². The van der Waals surface area contributed by atoms with Crippen LogP contribution in [0.15, 0.2) is 12.3 Å². The van der Waals surface area contributed by atoms with Crippen molar-refractivity contribution in [3.8, 4) is 5.88 Å². The molecular formula is C16H24N2O3. The molecule has 116 valence electrons. The Labute approximate surface area is 125 Å². The average Bonchev–Trinajstić information content (AvgIpc) is 3.10. The van der Waals surface area contributed by atoms with Gasteiger partial charge in [0.2, 0.25) is 5.88 Å². The van der Waals surface area contributed by atoms with E-state index in [1.54, 1.807) is 12.3 Å². The Kier molecular flexibility index (Phi) is 3.68. The Morgan fingerprint density at radius 2 is 2.19 bits per heavy atom. The fraction of sp³-hybridized carbons (Fsp3) is 0.750. The first-order valence-corrected chi connectivity index (χ1v) is 7.82. The summed E-state index contributed by atoms with van der Waals surface area (Å²) in [6.45, 7) is 6.22. The third-order valence-electron chi connectivity index (χ3n) is 4.47. The lowest BCUT2D eigenvalue weighted by atomic mass is 9.90. The Bertz CT molecular complexity index is 518. The van der Waals surface area contributed by atoms with E-state index >= 15 is 0 Å². The van der Waals surface area contributed by atoms with E-state index in [0.29, 0.717) is 18.4 Å². The lowest BCUT2D eigenvalue weighted by Crippen LogP contribution is -2.27. The van der Waals surface area contributed by atoms with E-state index in [4.69, 9.17) is 9.47 Å². The van der Waals surface area contributed by atoms with Crippen LogP contribution in [0.1, 0.15) is 46.5 Å². The molecule has 2 aliphatic rings. The van der Waals surface area contributed by atoms with Crippen LogP contribution in [0.2, 0.25) is 0 Å². The zero-order chi connectivity index (χ0) is 15.0. The topological polar surface area (TPSA) is 53.4 Å². The molecule has 1 unspecified atom stereocenters. The first-order valence-electron chi connectivity index (χ1n) is 7.82. The van der Waals surface area contributed by atoms with Crippen molar-refractivity contribution in [3.05, 3.63) is 12.3 Å². The number of carbonyl (C=O) groups excluding carboxylic acids is 1. The summed E-state index contributed by atoms with van der Waals surface area (Å²) < 4.78 is 12.2. The first kappa shape index (κ1) is 14.4. The van der Waals surface area contributed by atoms with Crippen LogP contribution in [0.25, 0.3) is 0 Å². The van der Waals surface area contributed by atoms with E-state index in [1.165, 1.54) is 30.4 Å². The molecule has 2 bridgehead atoms. The van der Waals surface area contributed by atoms with Crippen molar-refractivity contribution < 1.29 is 14.3 Å². The summed E-state index contributed by atoms with van der Waals surface area (Å²) >= 11 is 0. The number of hydrogen-bond donors (Lipinski definition) is 0. The maximum Gasteiger partial charge on any atom is 0.435 e. The third kappa shape index (κ3) is 3.39. The summed E-state index contributed by atoms with van der Waals surface area (Å²) in [5, 5.41) is 4.14. The van der Waals surface area contributed by atoms with Crippen LogP contribution in [0.5, 0.6) is 5.88 Å². The van der Waals surface area contributed by atoms with E-state index in [9.17, 15) is 4.79 Å². The summed E-state index contributed by atoms with van der Waals surface area (Å²) in [7, 11) is 0. The maximum atomic E-state index is 11.9. The largest absolute Gasteiger partial charge is 0.476 e. The van der Waals surface area contributed by atoms with Gasteiger partial charge < -0.3 is 9.47 Å². The molecule has 0 amide bonds. The summed E-state index contributed by atoms with van der Waals surface area (Å²) in [6.07, 6.45) is 6.53. The van der Waals surface area contributed by atoms with E-state index in [1.807, 2.05) is 20.8 Å². The number of carbonyl (C=O) groups is 1. The molecule has 5 nitrogen and oxygen atoms in total. The zero-order valence-corrected chi connectivity index (χ0v) is 13.0. The Hall–Kier alpha value is -1.52. The molecule has 21 heavy (non-hydrogen) atoms. The number of fused-ring (bicyclic) bond motifs is 2. The Morgan fingerprint density at radius 3 is 2.81 bits per heavy atom. The molecule has 5 heteroatoms. The molecule has 0 radical (unpaired) electrons. The highest BCUT2D eigenvalue weighted by Crippen LogP contribution is 2.48. The second-order valence-electron chi connectivity index (χ2n) is 7.32. The highest BCUT2D eigenvalue weighted by molar-refractivity contribution is 5.69. The molecule has 1 aromatic heterocycles. The van der Waals surface area contributed by atoms with Crippen LogP contribution in [0.3, 0.4) is 0 Å². The number of nitrogens with zero attached hydrogens (tertiary/aromatic N) is 2. The molecular weight excluding hydrogens is 268 g/mol. The molecule has 3 atom stereocenters. The van der Waals surface area contributed by atoms with Gasteiger partial charge in [-0.3, -0.25) is 0 Å². The van der Waals surface area contributed by atoms with Crippen molar-refractivity contribution in [2.45, 2.75) is 52.1 Å². The van der Waals surface area contributed by atoms with Gasteiger partial charge in [0.1, 0.15) is 5.60 Å². The number of hydrogen-bond acceptors (Lipinski definition) is 4. The minimum Gasteiger partial charge on any atom is -0.476 e. The second-order valence-corrected chi connectivity index (χ2v) is 7.32. The predicted octanol–water partition coefficient (Wildman–Crippen LogP) is 3.48. The van der Waals surface area contributed by atoms with Crippen LogP contribution >= 0.6 is 0 Å². The first-order chi connectivity index (χ1) is 9.90. The highest BCUT2D eigenvalue weighted by atomic mass is 16.6. The third-order valence-corrected chi connectivity index (χ3v) is 4.47. The molecule has 2 saturated carbocycles. The summed E-state index contributed by atoms with van der Waals surface area (Å²) in [6, 6.07) is 1.72. The lowest BCUT2D eigenvalue weighted by molar-refractivity contribution is 0.0511. The van der Waals surface area contributed by atoms with Gasteiger partial charge in [0.15, 0.2) is 0 Å². The Balaban J connectivity index is 1.52. The molecule has 0 N–H and O–H groups in total. The second kappa shape index (κ2) is 5.35. The zero-order valence-electron chi connectivity index (χ0n) is 13.0. The van der Waals surface area contributed by atoms with Crippen molar-refractivity contribution in [1.82, 2.24) is 9.78 Å². The maximum absolute atomic E-state index is 11.9. The molecule has 0 saturated heterocycles. The molecule has 2 aliphatic carbocycles. The van der Waals surface area contributed by atoms with E-state index < -0.39 is 11.7 Å². The van der Waals surface area contributed by atoms with Gasteiger partial charge in [0, 0.05) is 12.3 Å². The minimum atomic E-state index is -0.521. The van der Waals surface area contributed by atoms with E-state index in [0.717, 1.165) is 11.8 Å². The quantitative estimate of drug-likeness (QED) is 0.856. The van der Waals surface area contributed by atoms with E-state index in [-0.39, 0.29) is 0 Å². The molecule has 2 fully saturated rings. The van der Waals surface area contributed by atoms with E-state index in [2.05, 4.69) is 5.10 Å². The molecule has 3 rings (SSSR count). The normalized spacial score (nSPS) is 27.9. The lowest BCUT2D eigenvalue weighted by Gasteiger charge is -2.21. The van der Waals surface area contributed by atoms with Gasteiger partial charge in [0.25, 0.3) is 0 Å². The van der Waals surface area contributed by atoms with Gasteiger partial charge in [-0.15, -0.1) is 5.10 Å². The number of rotatable bonds is 3. The van der Waals surface area contributed by atoms with Crippen molar-refractivity contribution in [1.29, 1.82) is 0 Å². The van der Waals surface area contributed by atoms with Gasteiger partial charge in [-0.2, -0.15) is 4.68 Å². The molecule has 1 heterocycles. The Morgan fingerprint density at radius 1 is 1.38 bits per heavy atom. The summed E-state index contributed by atoms with van der Waals surface area (Å²) in [5.41, 5.74) is -0.521. The SMILES string of the molecule is CC(C)(C)OC(=O)n1ccc(OCC2C[C@@H]3CC[C@@H]2C3)n1. The van der Waals surface area contributed by atoms with Crippen LogP contribution < -0.4 is 4.74 Å². The fourth-order valence-electron chi connectivity index (χ4n) is 3.57. The fourth-order valence-corrected chi connectivity index (χ4v) is 3.57. The molecule has 1 aromatic rings. The van der Waals surface area contributed by atoms with Crippen LogP contribution in [0, 0.1) is 17.8 Å². The van der Waals surface area contributed by atoms with Crippen molar-refractivity contribution >= 4 is 6.09 Å².